The first-order chi connectivity index (χ1) is 12.6. The lowest BCUT2D eigenvalue weighted by atomic mass is 10.0. The lowest BCUT2D eigenvalue weighted by Gasteiger charge is -2.09. The van der Waals surface area contributed by atoms with Crippen molar-refractivity contribution in [2.24, 2.45) is 0 Å². The van der Waals surface area contributed by atoms with E-state index in [1.165, 1.54) is 23.7 Å². The molecule has 6 nitrogen and oxygen atoms in total. The number of amides is 1. The van der Waals surface area contributed by atoms with Crippen LogP contribution in [-0.2, 0) is 0 Å². The molecule has 0 aliphatic carbocycles. The summed E-state index contributed by atoms with van der Waals surface area (Å²) >= 11 is 7.60. The molecule has 26 heavy (non-hydrogen) atoms. The van der Waals surface area contributed by atoms with Gasteiger partial charge < -0.3 is 11.1 Å². The van der Waals surface area contributed by atoms with Crippen LogP contribution in [0.1, 0.15) is 10.4 Å². The van der Waals surface area contributed by atoms with Crippen LogP contribution in [0, 0.1) is 0 Å². The van der Waals surface area contributed by atoms with Gasteiger partial charge in [-0.3, -0.25) is 4.79 Å². The summed E-state index contributed by atoms with van der Waals surface area (Å²) < 4.78 is 0.918. The second kappa shape index (κ2) is 6.70. The molecule has 2 aromatic carbocycles. The zero-order valence-corrected chi connectivity index (χ0v) is 14.9. The van der Waals surface area contributed by atoms with E-state index >= 15 is 0 Å². The highest BCUT2D eigenvalue weighted by atomic mass is 35.5. The largest absolute Gasteiger partial charge is 0.368 e. The molecule has 0 fully saturated rings. The minimum absolute atomic E-state index is 0.150. The van der Waals surface area contributed by atoms with E-state index < -0.39 is 0 Å². The van der Waals surface area contributed by atoms with Crippen molar-refractivity contribution >= 4 is 50.7 Å². The number of nitrogens with one attached hydrogen (secondary N) is 1. The van der Waals surface area contributed by atoms with Gasteiger partial charge in [-0.05, 0) is 29.8 Å². The Labute approximate surface area is 157 Å². The number of nitrogen functional groups attached to an aromatic ring is 1. The standard InChI is InChI=1S/C18H12ClN5OS/c19-12-3-1-2-10(4-12)14-5-11(6-15-16(14)23-9-26-15)17(25)24-13-7-21-18(20)22-8-13/h1-9H,(H,24,25)(H2,20,21,22). The Balaban J connectivity index is 1.76. The van der Waals surface area contributed by atoms with E-state index in [4.69, 9.17) is 17.3 Å². The van der Waals surface area contributed by atoms with Crippen LogP contribution >= 0.6 is 22.9 Å². The number of carbonyl (C=O) groups excluding carboxylic acids is 1. The fourth-order valence-corrected chi connectivity index (χ4v) is 3.51. The normalized spacial score (nSPS) is 10.8. The molecule has 4 rings (SSSR count). The van der Waals surface area contributed by atoms with Crippen molar-refractivity contribution in [3.05, 3.63) is 64.9 Å². The molecule has 128 valence electrons. The van der Waals surface area contributed by atoms with Gasteiger partial charge in [0.2, 0.25) is 5.95 Å². The van der Waals surface area contributed by atoms with Gasteiger partial charge in [-0.1, -0.05) is 23.7 Å². The Kier molecular flexibility index (Phi) is 4.24. The quantitative estimate of drug-likeness (QED) is 0.553. The van der Waals surface area contributed by atoms with Crippen molar-refractivity contribution < 1.29 is 4.79 Å². The molecule has 0 unspecified atom stereocenters. The van der Waals surface area contributed by atoms with Crippen LogP contribution < -0.4 is 11.1 Å². The molecular formula is C18H12ClN5OS. The summed E-state index contributed by atoms with van der Waals surface area (Å²) in [6, 6.07) is 11.1. The molecule has 0 saturated carbocycles. The molecule has 2 aromatic heterocycles. The monoisotopic (exact) mass is 381 g/mol. The molecule has 0 bridgehead atoms. The molecule has 0 radical (unpaired) electrons. The number of aromatic nitrogens is 3. The van der Waals surface area contributed by atoms with Gasteiger partial charge in [0.1, 0.15) is 0 Å². The molecule has 3 N–H and O–H groups in total. The van der Waals surface area contributed by atoms with E-state index in [-0.39, 0.29) is 11.9 Å². The third-order valence-electron chi connectivity index (χ3n) is 3.76. The average Bonchev–Trinajstić information content (AvgIpc) is 3.11. The van der Waals surface area contributed by atoms with E-state index in [1.54, 1.807) is 17.6 Å². The molecule has 0 atom stereocenters. The zero-order valence-electron chi connectivity index (χ0n) is 13.3. The number of fused-ring (bicyclic) bond motifs is 1. The summed E-state index contributed by atoms with van der Waals surface area (Å²) in [4.78, 5) is 24.8. The van der Waals surface area contributed by atoms with E-state index in [0.29, 0.717) is 16.3 Å². The Hall–Kier alpha value is -3.03. The molecule has 0 spiro atoms. The van der Waals surface area contributed by atoms with E-state index in [1.807, 2.05) is 24.3 Å². The van der Waals surface area contributed by atoms with Crippen LogP contribution in [0.2, 0.25) is 5.02 Å². The number of nitrogens with two attached hydrogens (primary N) is 1. The number of carbonyl (C=O) groups is 1. The summed E-state index contributed by atoms with van der Waals surface area (Å²) in [5, 5.41) is 3.40. The molecular weight excluding hydrogens is 370 g/mol. The Morgan fingerprint density at radius 3 is 2.69 bits per heavy atom. The van der Waals surface area contributed by atoms with Gasteiger partial charge in [-0.15, -0.1) is 11.3 Å². The number of anilines is 2. The van der Waals surface area contributed by atoms with Gasteiger partial charge >= 0.3 is 0 Å². The van der Waals surface area contributed by atoms with E-state index in [2.05, 4.69) is 20.3 Å². The van der Waals surface area contributed by atoms with Crippen LogP contribution in [0.5, 0.6) is 0 Å². The maximum absolute atomic E-state index is 12.7. The van der Waals surface area contributed by atoms with Gasteiger partial charge in [0.05, 0.1) is 33.8 Å². The number of benzene rings is 2. The van der Waals surface area contributed by atoms with Crippen LogP contribution in [-0.4, -0.2) is 20.9 Å². The number of hydrogen-bond donors (Lipinski definition) is 2. The second-order valence-corrected chi connectivity index (χ2v) is 6.84. The van der Waals surface area contributed by atoms with Crippen LogP contribution in [0.3, 0.4) is 0 Å². The summed E-state index contributed by atoms with van der Waals surface area (Å²) in [5.41, 5.74) is 10.8. The highest BCUT2D eigenvalue weighted by Crippen LogP contribution is 2.32. The molecule has 8 heteroatoms. The van der Waals surface area contributed by atoms with Gasteiger partial charge in [0.25, 0.3) is 5.91 Å². The fourth-order valence-electron chi connectivity index (χ4n) is 2.58. The maximum Gasteiger partial charge on any atom is 0.255 e. The minimum Gasteiger partial charge on any atom is -0.368 e. The molecule has 0 aliphatic rings. The first-order valence-corrected chi connectivity index (χ1v) is 8.88. The summed E-state index contributed by atoms with van der Waals surface area (Å²) in [6.45, 7) is 0. The van der Waals surface area contributed by atoms with E-state index in [9.17, 15) is 4.79 Å². The van der Waals surface area contributed by atoms with E-state index in [0.717, 1.165) is 21.3 Å². The minimum atomic E-state index is -0.267. The van der Waals surface area contributed by atoms with Crippen molar-refractivity contribution in [3.8, 4) is 11.1 Å². The fraction of sp³-hybridized carbons (Fsp3) is 0. The van der Waals surface area contributed by atoms with Gasteiger partial charge in [-0.25, -0.2) is 15.0 Å². The zero-order chi connectivity index (χ0) is 18.1. The Morgan fingerprint density at radius 1 is 1.12 bits per heavy atom. The predicted octanol–water partition coefficient (Wildman–Crippen LogP) is 4.24. The third-order valence-corrected chi connectivity index (χ3v) is 4.77. The number of nitrogens with zero attached hydrogens (tertiary/aromatic N) is 3. The number of thiazole rings is 1. The molecule has 0 aliphatic heterocycles. The second-order valence-electron chi connectivity index (χ2n) is 5.52. The number of rotatable bonds is 3. The van der Waals surface area contributed by atoms with Crippen LogP contribution in [0.25, 0.3) is 21.3 Å². The third kappa shape index (κ3) is 3.22. The predicted molar refractivity (Wildman–Crippen MR) is 104 cm³/mol. The smallest absolute Gasteiger partial charge is 0.255 e. The van der Waals surface area contributed by atoms with Crippen molar-refractivity contribution in [3.63, 3.8) is 0 Å². The van der Waals surface area contributed by atoms with Crippen molar-refractivity contribution in [2.45, 2.75) is 0 Å². The molecule has 1 amide bonds. The van der Waals surface area contributed by atoms with Crippen LogP contribution in [0.4, 0.5) is 11.6 Å². The Bertz CT molecular complexity index is 1110. The first-order valence-electron chi connectivity index (χ1n) is 7.62. The molecule has 0 saturated heterocycles. The van der Waals surface area contributed by atoms with Crippen molar-refractivity contribution in [1.82, 2.24) is 15.0 Å². The van der Waals surface area contributed by atoms with Gasteiger partial charge in [0.15, 0.2) is 0 Å². The SMILES string of the molecule is Nc1ncc(NC(=O)c2cc(-c3cccc(Cl)c3)c3ncsc3c2)cn1. The Morgan fingerprint density at radius 2 is 1.92 bits per heavy atom. The summed E-state index contributed by atoms with van der Waals surface area (Å²) in [6.07, 6.45) is 2.92. The first kappa shape index (κ1) is 16.4. The number of hydrogen-bond acceptors (Lipinski definition) is 6. The highest BCUT2D eigenvalue weighted by Gasteiger charge is 2.14. The lowest BCUT2D eigenvalue weighted by molar-refractivity contribution is 0.102. The lowest BCUT2D eigenvalue weighted by Crippen LogP contribution is -2.12. The topological polar surface area (TPSA) is 93.8 Å². The molecule has 4 aromatic rings. The number of halogens is 1. The molecule has 2 heterocycles. The van der Waals surface area contributed by atoms with Crippen molar-refractivity contribution in [2.75, 3.05) is 11.1 Å². The maximum atomic E-state index is 12.7. The summed E-state index contributed by atoms with van der Waals surface area (Å²) in [7, 11) is 0. The summed E-state index contributed by atoms with van der Waals surface area (Å²) in [5.74, 6) is -0.116. The van der Waals surface area contributed by atoms with Gasteiger partial charge in [0, 0.05) is 16.1 Å². The van der Waals surface area contributed by atoms with Gasteiger partial charge in [-0.2, -0.15) is 0 Å². The van der Waals surface area contributed by atoms with Crippen LogP contribution in [0.15, 0.2) is 54.3 Å². The van der Waals surface area contributed by atoms with Crippen molar-refractivity contribution in [1.29, 1.82) is 0 Å². The average molecular weight is 382 g/mol. The highest BCUT2D eigenvalue weighted by molar-refractivity contribution is 7.16.